The van der Waals surface area contributed by atoms with Crippen LogP contribution in [0.5, 0.6) is 0 Å². The first-order valence-corrected chi connectivity index (χ1v) is 5.59. The van der Waals surface area contributed by atoms with Gasteiger partial charge in [0.1, 0.15) is 0 Å². The lowest BCUT2D eigenvalue weighted by Gasteiger charge is -2.19. The van der Waals surface area contributed by atoms with Crippen LogP contribution in [0.25, 0.3) is 0 Å². The van der Waals surface area contributed by atoms with Gasteiger partial charge in [0.2, 0.25) is 0 Å². The van der Waals surface area contributed by atoms with E-state index in [0.717, 1.165) is 32.3 Å². The Kier molecular flexibility index (Phi) is 4.88. The van der Waals surface area contributed by atoms with Crippen LogP contribution in [0, 0.1) is 5.92 Å². The van der Waals surface area contributed by atoms with Gasteiger partial charge in [0.05, 0.1) is 6.61 Å². The molecule has 14 heavy (non-hydrogen) atoms. The number of carbonyl (C=O) groups is 1. The van der Waals surface area contributed by atoms with E-state index in [1.807, 2.05) is 6.08 Å². The van der Waals surface area contributed by atoms with Gasteiger partial charge in [0, 0.05) is 12.5 Å². The van der Waals surface area contributed by atoms with Crippen molar-refractivity contribution < 1.29 is 9.53 Å². The van der Waals surface area contributed by atoms with Crippen LogP contribution in [-0.2, 0) is 9.53 Å². The van der Waals surface area contributed by atoms with Crippen molar-refractivity contribution in [2.24, 2.45) is 5.92 Å². The topological polar surface area (TPSA) is 26.3 Å². The minimum absolute atomic E-state index is 0.122. The summed E-state index contributed by atoms with van der Waals surface area (Å²) in [6.07, 6.45) is 5.82. The highest BCUT2D eigenvalue weighted by molar-refractivity contribution is 5.92. The van der Waals surface area contributed by atoms with Gasteiger partial charge in [-0.15, -0.1) is 0 Å². The summed E-state index contributed by atoms with van der Waals surface area (Å²) >= 11 is 0. The summed E-state index contributed by atoms with van der Waals surface area (Å²) < 4.78 is 5.30. The van der Waals surface area contributed by atoms with Crippen LogP contribution in [0.4, 0.5) is 0 Å². The lowest BCUT2D eigenvalue weighted by atomic mass is 9.95. The molecule has 0 aliphatic carbocycles. The standard InChI is InChI=1S/C12H20O2/c1-3-10(4-2)8-12(13)11-6-5-7-14-9-11/h8,11H,3-7,9H2,1-2H3. The molecule has 2 heteroatoms. The quantitative estimate of drug-likeness (QED) is 0.646. The summed E-state index contributed by atoms with van der Waals surface area (Å²) in [6.45, 7) is 5.64. The zero-order valence-electron chi connectivity index (χ0n) is 9.21. The molecule has 0 aromatic heterocycles. The van der Waals surface area contributed by atoms with E-state index in [4.69, 9.17) is 4.74 Å². The summed E-state index contributed by atoms with van der Waals surface area (Å²) in [5.41, 5.74) is 1.25. The third kappa shape index (κ3) is 3.26. The molecule has 0 aromatic rings. The Morgan fingerprint density at radius 2 is 2.14 bits per heavy atom. The van der Waals surface area contributed by atoms with Crippen molar-refractivity contribution in [3.8, 4) is 0 Å². The van der Waals surface area contributed by atoms with Gasteiger partial charge in [0.25, 0.3) is 0 Å². The molecule has 1 rings (SSSR count). The molecular formula is C12H20O2. The molecule has 1 fully saturated rings. The van der Waals surface area contributed by atoms with Crippen molar-refractivity contribution in [3.63, 3.8) is 0 Å². The molecule has 0 amide bonds. The molecule has 0 aromatic carbocycles. The second-order valence-corrected chi connectivity index (χ2v) is 3.83. The van der Waals surface area contributed by atoms with Crippen molar-refractivity contribution >= 4 is 5.78 Å². The van der Waals surface area contributed by atoms with Crippen LogP contribution in [0.15, 0.2) is 11.6 Å². The van der Waals surface area contributed by atoms with Crippen LogP contribution in [-0.4, -0.2) is 19.0 Å². The third-order valence-corrected chi connectivity index (χ3v) is 2.82. The van der Waals surface area contributed by atoms with Gasteiger partial charge in [-0.2, -0.15) is 0 Å². The fourth-order valence-corrected chi connectivity index (χ4v) is 1.74. The summed E-state index contributed by atoms with van der Waals surface area (Å²) in [7, 11) is 0. The second kappa shape index (κ2) is 5.97. The molecule has 1 aliphatic rings. The molecule has 0 saturated carbocycles. The van der Waals surface area contributed by atoms with E-state index in [1.165, 1.54) is 5.57 Å². The summed E-state index contributed by atoms with van der Waals surface area (Å²) in [4.78, 5) is 11.8. The van der Waals surface area contributed by atoms with Gasteiger partial charge >= 0.3 is 0 Å². The number of carbonyl (C=O) groups excluding carboxylic acids is 1. The van der Waals surface area contributed by atoms with Crippen molar-refractivity contribution in [3.05, 3.63) is 11.6 Å². The average molecular weight is 196 g/mol. The number of ketones is 1. The highest BCUT2D eigenvalue weighted by Crippen LogP contribution is 2.17. The smallest absolute Gasteiger partial charge is 0.161 e. The molecule has 0 bridgehead atoms. The lowest BCUT2D eigenvalue weighted by Crippen LogP contribution is -2.24. The maximum Gasteiger partial charge on any atom is 0.161 e. The third-order valence-electron chi connectivity index (χ3n) is 2.82. The average Bonchev–Trinajstić information content (AvgIpc) is 2.26. The van der Waals surface area contributed by atoms with Gasteiger partial charge in [-0.3, -0.25) is 4.79 Å². The monoisotopic (exact) mass is 196 g/mol. The summed E-state index contributed by atoms with van der Waals surface area (Å²) in [5.74, 6) is 0.389. The largest absolute Gasteiger partial charge is 0.381 e. The molecule has 1 saturated heterocycles. The van der Waals surface area contributed by atoms with Crippen molar-refractivity contribution in [2.45, 2.75) is 39.5 Å². The zero-order valence-corrected chi connectivity index (χ0v) is 9.21. The number of ether oxygens (including phenoxy) is 1. The Morgan fingerprint density at radius 3 is 2.64 bits per heavy atom. The molecule has 80 valence electrons. The number of allylic oxidation sites excluding steroid dienone is 2. The van der Waals surface area contributed by atoms with E-state index >= 15 is 0 Å². The summed E-state index contributed by atoms with van der Waals surface area (Å²) in [6, 6.07) is 0. The number of hydrogen-bond acceptors (Lipinski definition) is 2. The van der Waals surface area contributed by atoms with Gasteiger partial charge in [-0.1, -0.05) is 19.4 Å². The van der Waals surface area contributed by atoms with E-state index in [1.54, 1.807) is 0 Å². The number of rotatable bonds is 4. The maximum atomic E-state index is 11.8. The molecule has 0 radical (unpaired) electrons. The predicted octanol–water partition coefficient (Wildman–Crippen LogP) is 2.73. The fraction of sp³-hybridized carbons (Fsp3) is 0.750. The highest BCUT2D eigenvalue weighted by atomic mass is 16.5. The molecule has 1 heterocycles. The molecular weight excluding hydrogens is 176 g/mol. The van der Waals surface area contributed by atoms with Crippen molar-refractivity contribution in [2.75, 3.05) is 13.2 Å². The van der Waals surface area contributed by atoms with E-state index in [0.29, 0.717) is 6.61 Å². The van der Waals surface area contributed by atoms with Gasteiger partial charge in [-0.05, 0) is 31.8 Å². The Bertz CT molecular complexity index is 206. The highest BCUT2D eigenvalue weighted by Gasteiger charge is 2.19. The minimum Gasteiger partial charge on any atom is -0.381 e. The van der Waals surface area contributed by atoms with Crippen LogP contribution in [0.1, 0.15) is 39.5 Å². The molecule has 1 atom stereocenters. The van der Waals surface area contributed by atoms with E-state index in [9.17, 15) is 4.79 Å². The second-order valence-electron chi connectivity index (χ2n) is 3.83. The zero-order chi connectivity index (χ0) is 10.4. The van der Waals surface area contributed by atoms with E-state index < -0.39 is 0 Å². The SMILES string of the molecule is CCC(=CC(=O)C1CCCOC1)CC. The fourth-order valence-electron chi connectivity index (χ4n) is 1.74. The Balaban J connectivity index is 2.50. The van der Waals surface area contributed by atoms with Gasteiger partial charge < -0.3 is 4.74 Å². The minimum atomic E-state index is 0.122. The molecule has 0 N–H and O–H groups in total. The number of hydrogen-bond donors (Lipinski definition) is 0. The molecule has 0 spiro atoms. The van der Waals surface area contributed by atoms with Gasteiger partial charge in [0.15, 0.2) is 5.78 Å². The first-order valence-electron chi connectivity index (χ1n) is 5.59. The van der Waals surface area contributed by atoms with Crippen LogP contribution in [0.3, 0.4) is 0 Å². The molecule has 1 unspecified atom stereocenters. The normalized spacial score (nSPS) is 21.7. The predicted molar refractivity (Wildman–Crippen MR) is 57.2 cm³/mol. The van der Waals surface area contributed by atoms with Crippen molar-refractivity contribution in [1.82, 2.24) is 0 Å². The Morgan fingerprint density at radius 1 is 1.43 bits per heavy atom. The van der Waals surface area contributed by atoms with Crippen LogP contribution in [0.2, 0.25) is 0 Å². The Labute approximate surface area is 86.3 Å². The first kappa shape index (κ1) is 11.4. The molecule has 2 nitrogen and oxygen atoms in total. The van der Waals surface area contributed by atoms with E-state index in [-0.39, 0.29) is 11.7 Å². The van der Waals surface area contributed by atoms with E-state index in [2.05, 4.69) is 13.8 Å². The summed E-state index contributed by atoms with van der Waals surface area (Å²) in [5, 5.41) is 0. The van der Waals surface area contributed by atoms with Crippen LogP contribution < -0.4 is 0 Å². The van der Waals surface area contributed by atoms with Gasteiger partial charge in [-0.25, -0.2) is 0 Å². The molecule has 1 aliphatic heterocycles. The van der Waals surface area contributed by atoms with Crippen molar-refractivity contribution in [1.29, 1.82) is 0 Å². The first-order chi connectivity index (χ1) is 6.77. The lowest BCUT2D eigenvalue weighted by molar-refractivity contribution is -0.122. The van der Waals surface area contributed by atoms with Crippen LogP contribution >= 0.6 is 0 Å². The Hall–Kier alpha value is -0.630. The maximum absolute atomic E-state index is 11.8.